The minimum Gasteiger partial charge on any atom is -0.399 e. The molecule has 144 valence electrons. The fourth-order valence-electron chi connectivity index (χ4n) is 2.56. The van der Waals surface area contributed by atoms with Gasteiger partial charge in [0.25, 0.3) is 5.91 Å². The minimum absolute atomic E-state index is 0.0573. The van der Waals surface area contributed by atoms with Gasteiger partial charge in [-0.1, -0.05) is 12.1 Å². The molecule has 0 radical (unpaired) electrons. The maximum atomic E-state index is 12.7. The Bertz CT molecular complexity index is 967. The molecular formula is C21H22N4O2S. The second-order valence-corrected chi connectivity index (χ2v) is 7.40. The lowest BCUT2D eigenvalue weighted by Crippen LogP contribution is -2.28. The number of nitrogens with two attached hydrogens (primary N) is 1. The van der Waals surface area contributed by atoms with Crippen LogP contribution in [0.15, 0.2) is 60.0 Å². The van der Waals surface area contributed by atoms with Crippen LogP contribution < -0.4 is 16.4 Å². The van der Waals surface area contributed by atoms with Crippen LogP contribution in [0.2, 0.25) is 0 Å². The Hall–Kier alpha value is -3.32. The molecular weight excluding hydrogens is 372 g/mol. The van der Waals surface area contributed by atoms with Crippen molar-refractivity contribution < 1.29 is 9.59 Å². The first-order valence-electron chi connectivity index (χ1n) is 8.73. The van der Waals surface area contributed by atoms with E-state index in [4.69, 9.17) is 5.73 Å². The number of likely N-dealkylation sites (N-methyl/N-ethyl adjacent to an activating group) is 1. The van der Waals surface area contributed by atoms with Gasteiger partial charge in [0.2, 0.25) is 5.91 Å². The number of nitrogen functional groups attached to an aromatic ring is 1. The summed E-state index contributed by atoms with van der Waals surface area (Å²) in [5.41, 5.74) is 9.08. The number of anilines is 3. The molecule has 2 amide bonds. The zero-order valence-electron chi connectivity index (χ0n) is 15.7. The summed E-state index contributed by atoms with van der Waals surface area (Å²) in [4.78, 5) is 27.2. The number of benzene rings is 2. The topological polar surface area (TPSA) is 87.5 Å². The Labute approximate surface area is 168 Å². The number of hydrogen-bond acceptors (Lipinski definition) is 5. The lowest BCUT2D eigenvalue weighted by molar-refractivity contribution is -0.126. The van der Waals surface area contributed by atoms with Crippen LogP contribution in [0, 0.1) is 0 Å². The van der Waals surface area contributed by atoms with Gasteiger partial charge in [-0.2, -0.15) is 0 Å². The van der Waals surface area contributed by atoms with Crippen LogP contribution in [0.4, 0.5) is 17.1 Å². The third kappa shape index (κ3) is 4.69. The molecule has 1 aromatic heterocycles. The van der Waals surface area contributed by atoms with Gasteiger partial charge in [-0.3, -0.25) is 9.59 Å². The maximum Gasteiger partial charge on any atom is 0.255 e. The average molecular weight is 395 g/mol. The maximum absolute atomic E-state index is 12.7. The molecule has 3 aromatic rings. The summed E-state index contributed by atoms with van der Waals surface area (Å²) < 4.78 is 0. The summed E-state index contributed by atoms with van der Waals surface area (Å²) in [5, 5.41) is 8.05. The molecule has 0 aliphatic heterocycles. The van der Waals surface area contributed by atoms with Gasteiger partial charge in [0.05, 0.1) is 17.9 Å². The summed E-state index contributed by atoms with van der Waals surface area (Å²) in [6.07, 6.45) is 0. The van der Waals surface area contributed by atoms with E-state index in [1.54, 1.807) is 49.7 Å². The minimum atomic E-state index is -0.245. The second kappa shape index (κ2) is 8.58. The largest absolute Gasteiger partial charge is 0.399 e. The quantitative estimate of drug-likeness (QED) is 0.556. The third-order valence-electron chi connectivity index (χ3n) is 4.18. The van der Waals surface area contributed by atoms with Crippen molar-refractivity contribution in [2.45, 2.75) is 0 Å². The van der Waals surface area contributed by atoms with Gasteiger partial charge in [0.1, 0.15) is 0 Å². The number of nitrogens with zero attached hydrogens (tertiary/aromatic N) is 1. The highest BCUT2D eigenvalue weighted by Gasteiger charge is 2.13. The van der Waals surface area contributed by atoms with Crippen LogP contribution in [0.25, 0.3) is 10.4 Å². The molecule has 0 unspecified atom stereocenters. The predicted molar refractivity (Wildman–Crippen MR) is 116 cm³/mol. The number of amides is 2. The summed E-state index contributed by atoms with van der Waals surface area (Å²) in [5.74, 6) is -0.302. The standard InChI is InChI=1S/C21H22N4O2S/c1-25(2)20(26)13-23-17-10-7-15(19-4-3-11-28-19)12-18(17)24-21(27)14-5-8-16(22)9-6-14/h3-12,23H,13,22H2,1-2H3,(H,24,27). The molecule has 3 rings (SSSR count). The molecule has 1 heterocycles. The van der Waals surface area contributed by atoms with Gasteiger partial charge >= 0.3 is 0 Å². The molecule has 7 heteroatoms. The Morgan fingerprint density at radius 3 is 2.43 bits per heavy atom. The highest BCUT2D eigenvalue weighted by atomic mass is 32.1. The number of rotatable bonds is 6. The van der Waals surface area contributed by atoms with Crippen molar-refractivity contribution in [2.24, 2.45) is 0 Å². The van der Waals surface area contributed by atoms with Crippen molar-refractivity contribution in [3.8, 4) is 10.4 Å². The van der Waals surface area contributed by atoms with E-state index in [-0.39, 0.29) is 18.4 Å². The number of thiophene rings is 1. The van der Waals surface area contributed by atoms with E-state index in [1.807, 2.05) is 35.7 Å². The number of carbonyl (C=O) groups is 2. The van der Waals surface area contributed by atoms with Crippen LogP contribution in [-0.4, -0.2) is 37.4 Å². The van der Waals surface area contributed by atoms with Crippen LogP contribution in [-0.2, 0) is 4.79 Å². The molecule has 0 aliphatic carbocycles. The molecule has 0 aliphatic rings. The fourth-order valence-corrected chi connectivity index (χ4v) is 3.28. The molecule has 4 N–H and O–H groups in total. The van der Waals surface area contributed by atoms with Crippen molar-refractivity contribution in [1.29, 1.82) is 0 Å². The SMILES string of the molecule is CN(C)C(=O)CNc1ccc(-c2cccs2)cc1NC(=O)c1ccc(N)cc1. The first kappa shape index (κ1) is 19.4. The van der Waals surface area contributed by atoms with Crippen molar-refractivity contribution >= 4 is 40.2 Å². The van der Waals surface area contributed by atoms with E-state index in [1.165, 1.54) is 4.90 Å². The van der Waals surface area contributed by atoms with Gasteiger partial charge in [-0.25, -0.2) is 0 Å². The highest BCUT2D eigenvalue weighted by Crippen LogP contribution is 2.32. The molecule has 28 heavy (non-hydrogen) atoms. The average Bonchev–Trinajstić information content (AvgIpc) is 3.21. The normalized spacial score (nSPS) is 10.4. The molecule has 6 nitrogen and oxygen atoms in total. The Balaban J connectivity index is 1.87. The molecule has 0 spiro atoms. The number of carbonyl (C=O) groups excluding carboxylic acids is 2. The lowest BCUT2D eigenvalue weighted by Gasteiger charge is -2.16. The van der Waals surface area contributed by atoms with Crippen LogP contribution in [0.5, 0.6) is 0 Å². The molecule has 2 aromatic carbocycles. The zero-order chi connectivity index (χ0) is 20.1. The van der Waals surface area contributed by atoms with Gasteiger partial charge in [-0.05, 0) is 53.4 Å². The zero-order valence-corrected chi connectivity index (χ0v) is 16.5. The lowest BCUT2D eigenvalue weighted by atomic mass is 10.1. The van der Waals surface area contributed by atoms with E-state index in [0.29, 0.717) is 22.6 Å². The smallest absolute Gasteiger partial charge is 0.255 e. The molecule has 0 bridgehead atoms. The number of nitrogens with one attached hydrogen (secondary N) is 2. The van der Waals surface area contributed by atoms with E-state index < -0.39 is 0 Å². The van der Waals surface area contributed by atoms with E-state index in [2.05, 4.69) is 10.6 Å². The highest BCUT2D eigenvalue weighted by molar-refractivity contribution is 7.13. The summed E-state index contributed by atoms with van der Waals surface area (Å²) in [7, 11) is 3.40. The molecule has 0 saturated heterocycles. The Morgan fingerprint density at radius 2 is 1.79 bits per heavy atom. The van der Waals surface area contributed by atoms with Gasteiger partial charge in [0.15, 0.2) is 0 Å². The van der Waals surface area contributed by atoms with Crippen LogP contribution >= 0.6 is 11.3 Å². The van der Waals surface area contributed by atoms with Gasteiger partial charge in [0, 0.05) is 30.2 Å². The summed E-state index contributed by atoms with van der Waals surface area (Å²) in [6.45, 7) is 0.135. The third-order valence-corrected chi connectivity index (χ3v) is 5.09. The predicted octanol–water partition coefficient (Wildman–Crippen LogP) is 3.75. The molecule has 0 saturated carbocycles. The Morgan fingerprint density at radius 1 is 1.04 bits per heavy atom. The second-order valence-electron chi connectivity index (χ2n) is 6.46. The fraction of sp³-hybridized carbons (Fsp3) is 0.143. The monoisotopic (exact) mass is 394 g/mol. The van der Waals surface area contributed by atoms with E-state index in [0.717, 1.165) is 10.4 Å². The number of hydrogen-bond donors (Lipinski definition) is 3. The molecule has 0 atom stereocenters. The van der Waals surface area contributed by atoms with Crippen LogP contribution in [0.3, 0.4) is 0 Å². The van der Waals surface area contributed by atoms with Crippen molar-refractivity contribution in [3.63, 3.8) is 0 Å². The molecule has 0 fully saturated rings. The first-order valence-corrected chi connectivity index (χ1v) is 9.61. The summed E-state index contributed by atoms with van der Waals surface area (Å²) in [6, 6.07) is 16.5. The van der Waals surface area contributed by atoms with Crippen molar-refractivity contribution in [3.05, 3.63) is 65.5 Å². The van der Waals surface area contributed by atoms with Crippen LogP contribution in [0.1, 0.15) is 10.4 Å². The first-order chi connectivity index (χ1) is 13.4. The van der Waals surface area contributed by atoms with Crippen molar-refractivity contribution in [2.75, 3.05) is 37.0 Å². The Kier molecular flexibility index (Phi) is 5.96. The van der Waals surface area contributed by atoms with Gasteiger partial charge < -0.3 is 21.3 Å². The van der Waals surface area contributed by atoms with E-state index in [9.17, 15) is 9.59 Å². The summed E-state index contributed by atoms with van der Waals surface area (Å²) >= 11 is 1.62. The van der Waals surface area contributed by atoms with Crippen molar-refractivity contribution in [1.82, 2.24) is 4.90 Å². The van der Waals surface area contributed by atoms with Gasteiger partial charge in [-0.15, -0.1) is 11.3 Å². The van der Waals surface area contributed by atoms with E-state index >= 15 is 0 Å².